The highest BCUT2D eigenvalue weighted by molar-refractivity contribution is 9.10. The Hall–Kier alpha value is -1.11. The molecule has 2 rings (SSSR count). The molecule has 0 aliphatic rings. The largest absolute Gasteiger partial charge is 0.480 e. The molecule has 4 nitrogen and oxygen atoms in total. The van der Waals surface area contributed by atoms with Crippen molar-refractivity contribution in [3.63, 3.8) is 0 Å². The standard InChI is InChI=1S/C13H12BrClN2O2S/c1-8(13(18)17-7-12-16-4-5-20-12)19-11-3-2-9(15)6-10(11)14/h2-6,8H,7H2,1H3,(H,17,18). The van der Waals surface area contributed by atoms with Crippen LogP contribution in [0.3, 0.4) is 0 Å². The van der Waals surface area contributed by atoms with Gasteiger partial charge in [0.1, 0.15) is 10.8 Å². The van der Waals surface area contributed by atoms with Gasteiger partial charge in [-0.1, -0.05) is 11.6 Å². The van der Waals surface area contributed by atoms with E-state index in [2.05, 4.69) is 26.2 Å². The van der Waals surface area contributed by atoms with Crippen molar-refractivity contribution in [2.24, 2.45) is 0 Å². The van der Waals surface area contributed by atoms with E-state index in [1.54, 1.807) is 31.3 Å². The number of carbonyl (C=O) groups excluding carboxylic acids is 1. The van der Waals surface area contributed by atoms with Gasteiger partial charge in [-0.3, -0.25) is 4.79 Å². The number of carbonyl (C=O) groups is 1. The SMILES string of the molecule is CC(Oc1ccc(Cl)cc1Br)C(=O)NCc1nccs1. The molecule has 0 fully saturated rings. The summed E-state index contributed by atoms with van der Waals surface area (Å²) in [5.74, 6) is 0.383. The number of thiazole rings is 1. The van der Waals surface area contributed by atoms with Crippen LogP contribution in [0.2, 0.25) is 5.02 Å². The predicted octanol–water partition coefficient (Wildman–Crippen LogP) is 3.64. The molecule has 0 aliphatic carbocycles. The summed E-state index contributed by atoms with van der Waals surface area (Å²) in [5, 5.41) is 6.11. The van der Waals surface area contributed by atoms with E-state index in [-0.39, 0.29) is 5.91 Å². The Labute approximate surface area is 134 Å². The van der Waals surface area contributed by atoms with Crippen molar-refractivity contribution in [3.05, 3.63) is 44.3 Å². The van der Waals surface area contributed by atoms with E-state index < -0.39 is 6.10 Å². The first kappa shape index (κ1) is 15.3. The minimum atomic E-state index is -0.604. The van der Waals surface area contributed by atoms with Gasteiger partial charge in [0.15, 0.2) is 6.10 Å². The first-order valence-corrected chi connectivity index (χ1v) is 7.89. The maximum Gasteiger partial charge on any atom is 0.261 e. The molecule has 0 aliphatic heterocycles. The Morgan fingerprint density at radius 1 is 1.60 bits per heavy atom. The monoisotopic (exact) mass is 374 g/mol. The fraction of sp³-hybridized carbons (Fsp3) is 0.231. The summed E-state index contributed by atoms with van der Waals surface area (Å²) < 4.78 is 6.31. The average molecular weight is 376 g/mol. The van der Waals surface area contributed by atoms with E-state index in [1.807, 2.05) is 5.38 Å². The summed E-state index contributed by atoms with van der Waals surface area (Å²) in [6.45, 7) is 2.10. The maximum atomic E-state index is 11.9. The lowest BCUT2D eigenvalue weighted by Gasteiger charge is -2.15. The van der Waals surface area contributed by atoms with Gasteiger partial charge in [0.2, 0.25) is 0 Å². The van der Waals surface area contributed by atoms with Crippen LogP contribution in [0.4, 0.5) is 0 Å². The Balaban J connectivity index is 1.90. The van der Waals surface area contributed by atoms with Crippen molar-refractivity contribution in [2.45, 2.75) is 19.6 Å². The zero-order valence-corrected chi connectivity index (χ0v) is 13.8. The molecule has 0 spiro atoms. The van der Waals surface area contributed by atoms with E-state index in [4.69, 9.17) is 16.3 Å². The van der Waals surface area contributed by atoms with Gasteiger partial charge in [0, 0.05) is 16.6 Å². The summed E-state index contributed by atoms with van der Waals surface area (Å²) in [4.78, 5) is 16.0. The van der Waals surface area contributed by atoms with Crippen molar-refractivity contribution < 1.29 is 9.53 Å². The van der Waals surface area contributed by atoms with Crippen molar-refractivity contribution in [2.75, 3.05) is 0 Å². The number of nitrogens with one attached hydrogen (secondary N) is 1. The van der Waals surface area contributed by atoms with Gasteiger partial charge in [0.05, 0.1) is 11.0 Å². The van der Waals surface area contributed by atoms with Crippen LogP contribution in [-0.4, -0.2) is 17.0 Å². The summed E-state index contributed by atoms with van der Waals surface area (Å²) in [5.41, 5.74) is 0. The second-order valence-electron chi connectivity index (χ2n) is 3.98. The summed E-state index contributed by atoms with van der Waals surface area (Å²) in [6, 6.07) is 5.15. The number of benzene rings is 1. The van der Waals surface area contributed by atoms with Gasteiger partial charge in [-0.25, -0.2) is 4.98 Å². The Kier molecular flexibility index (Phi) is 5.39. The minimum Gasteiger partial charge on any atom is -0.480 e. The Morgan fingerprint density at radius 2 is 2.40 bits per heavy atom. The number of aromatic nitrogens is 1. The van der Waals surface area contributed by atoms with Crippen molar-refractivity contribution in [3.8, 4) is 5.75 Å². The van der Waals surface area contributed by atoms with Gasteiger partial charge in [-0.15, -0.1) is 11.3 Å². The zero-order valence-electron chi connectivity index (χ0n) is 10.6. The van der Waals surface area contributed by atoms with Crippen LogP contribution < -0.4 is 10.1 Å². The third kappa shape index (κ3) is 4.19. The molecule has 2 aromatic rings. The van der Waals surface area contributed by atoms with Gasteiger partial charge in [0.25, 0.3) is 5.91 Å². The molecular formula is C13H12BrClN2O2S. The minimum absolute atomic E-state index is 0.193. The normalized spacial score (nSPS) is 11.9. The van der Waals surface area contributed by atoms with Crippen LogP contribution in [-0.2, 0) is 11.3 Å². The quantitative estimate of drug-likeness (QED) is 0.868. The molecule has 1 unspecified atom stereocenters. The average Bonchev–Trinajstić information content (AvgIpc) is 2.92. The second-order valence-corrected chi connectivity index (χ2v) is 6.25. The third-order valence-electron chi connectivity index (χ3n) is 2.46. The van der Waals surface area contributed by atoms with Gasteiger partial charge in [-0.2, -0.15) is 0 Å². The summed E-state index contributed by atoms with van der Waals surface area (Å²) in [6.07, 6.45) is 1.10. The van der Waals surface area contributed by atoms with Gasteiger partial charge >= 0.3 is 0 Å². The number of ether oxygens (including phenoxy) is 1. The molecule has 1 amide bonds. The molecule has 0 bridgehead atoms. The third-order valence-corrected chi connectivity index (χ3v) is 4.10. The highest BCUT2D eigenvalue weighted by atomic mass is 79.9. The number of amides is 1. The van der Waals surface area contributed by atoms with E-state index >= 15 is 0 Å². The highest BCUT2D eigenvalue weighted by Gasteiger charge is 2.16. The molecule has 1 heterocycles. The maximum absolute atomic E-state index is 11.9. The molecule has 20 heavy (non-hydrogen) atoms. The Morgan fingerprint density at radius 3 is 3.05 bits per heavy atom. The summed E-state index contributed by atoms with van der Waals surface area (Å²) in [7, 11) is 0. The molecule has 0 saturated heterocycles. The fourth-order valence-corrected chi connectivity index (χ4v) is 2.79. The van der Waals surface area contributed by atoms with Crippen LogP contribution >= 0.6 is 38.9 Å². The second kappa shape index (κ2) is 7.06. The molecule has 1 aromatic carbocycles. The van der Waals surface area contributed by atoms with Crippen LogP contribution in [0.15, 0.2) is 34.2 Å². The van der Waals surface area contributed by atoms with E-state index in [1.165, 1.54) is 11.3 Å². The van der Waals surface area contributed by atoms with E-state index in [9.17, 15) is 4.79 Å². The summed E-state index contributed by atoms with van der Waals surface area (Å²) >= 11 is 10.7. The zero-order chi connectivity index (χ0) is 14.5. The van der Waals surface area contributed by atoms with Gasteiger partial charge in [-0.05, 0) is 41.1 Å². The molecule has 7 heteroatoms. The molecule has 1 N–H and O–H groups in total. The van der Waals surface area contributed by atoms with Crippen molar-refractivity contribution in [1.29, 1.82) is 0 Å². The highest BCUT2D eigenvalue weighted by Crippen LogP contribution is 2.28. The van der Waals surface area contributed by atoms with Crippen LogP contribution in [0.1, 0.15) is 11.9 Å². The molecule has 106 valence electrons. The first-order valence-electron chi connectivity index (χ1n) is 5.84. The Bertz CT molecular complexity index is 592. The van der Waals surface area contributed by atoms with Crippen molar-refractivity contribution >= 4 is 44.8 Å². The van der Waals surface area contributed by atoms with Crippen LogP contribution in [0, 0.1) is 0 Å². The molecule has 1 atom stereocenters. The van der Waals surface area contributed by atoms with Crippen LogP contribution in [0.5, 0.6) is 5.75 Å². The molecular weight excluding hydrogens is 364 g/mol. The van der Waals surface area contributed by atoms with Crippen LogP contribution in [0.25, 0.3) is 0 Å². The van der Waals surface area contributed by atoms with Crippen molar-refractivity contribution in [1.82, 2.24) is 10.3 Å². The van der Waals surface area contributed by atoms with Gasteiger partial charge < -0.3 is 10.1 Å². The first-order chi connectivity index (χ1) is 9.56. The fourth-order valence-electron chi connectivity index (χ4n) is 1.46. The number of hydrogen-bond acceptors (Lipinski definition) is 4. The smallest absolute Gasteiger partial charge is 0.261 e. The lowest BCUT2D eigenvalue weighted by Crippen LogP contribution is -2.35. The van der Waals surface area contributed by atoms with E-state index in [0.29, 0.717) is 21.8 Å². The number of hydrogen-bond donors (Lipinski definition) is 1. The number of halogens is 2. The number of rotatable bonds is 5. The molecule has 0 radical (unpaired) electrons. The number of nitrogens with zero attached hydrogens (tertiary/aromatic N) is 1. The predicted molar refractivity (Wildman–Crippen MR) is 83.2 cm³/mol. The topological polar surface area (TPSA) is 51.2 Å². The molecule has 1 aromatic heterocycles. The lowest BCUT2D eigenvalue weighted by atomic mass is 10.3. The molecule has 0 saturated carbocycles. The van der Waals surface area contributed by atoms with E-state index in [0.717, 1.165) is 5.01 Å². The lowest BCUT2D eigenvalue weighted by molar-refractivity contribution is -0.127.